The van der Waals surface area contributed by atoms with Crippen LogP contribution < -0.4 is 0 Å². The third-order valence-corrected chi connectivity index (χ3v) is 3.45. The molecule has 3 rings (SSSR count). The lowest BCUT2D eigenvalue weighted by molar-refractivity contribution is 0.0685. The Hall–Kier alpha value is -2.66. The van der Waals surface area contributed by atoms with Gasteiger partial charge < -0.3 is 14.9 Å². The van der Waals surface area contributed by atoms with Crippen LogP contribution in [0.15, 0.2) is 48.5 Å². The fraction of sp³-hybridized carbons (Fsp3) is 0.125. The van der Waals surface area contributed by atoms with Crippen molar-refractivity contribution in [3.05, 3.63) is 70.8 Å². The zero-order chi connectivity index (χ0) is 15.0. The fourth-order valence-corrected chi connectivity index (χ4v) is 2.39. The maximum Gasteiger partial charge on any atom is 0.336 e. The smallest absolute Gasteiger partial charge is 0.336 e. The predicted molar refractivity (Wildman–Crippen MR) is 73.4 cm³/mol. The highest BCUT2D eigenvalue weighted by Gasteiger charge is 2.43. The molecule has 5 nitrogen and oxygen atoms in total. The quantitative estimate of drug-likeness (QED) is 0.843. The highest BCUT2D eigenvalue weighted by molar-refractivity contribution is 5.90. The van der Waals surface area contributed by atoms with Crippen LogP contribution in [-0.4, -0.2) is 22.2 Å². The number of hydrogen-bond donors (Lipinski definition) is 2. The summed E-state index contributed by atoms with van der Waals surface area (Å²) in [5, 5.41) is 18.2. The molecule has 2 N–H and O–H groups in total. The predicted octanol–water partition coefficient (Wildman–Crippen LogP) is 2.90. The van der Waals surface area contributed by atoms with Crippen molar-refractivity contribution in [1.29, 1.82) is 0 Å². The summed E-state index contributed by atoms with van der Waals surface area (Å²) in [5.41, 5.74) is 1.74. The Morgan fingerprint density at radius 1 is 0.905 bits per heavy atom. The third-order valence-electron chi connectivity index (χ3n) is 3.45. The molecule has 0 aliphatic carbocycles. The van der Waals surface area contributed by atoms with Gasteiger partial charge in [-0.05, 0) is 29.3 Å². The number of benzene rings is 2. The highest BCUT2D eigenvalue weighted by Crippen LogP contribution is 2.51. The van der Waals surface area contributed by atoms with Gasteiger partial charge in [0.2, 0.25) is 0 Å². The van der Waals surface area contributed by atoms with E-state index in [-0.39, 0.29) is 23.3 Å². The van der Waals surface area contributed by atoms with Crippen LogP contribution in [0, 0.1) is 0 Å². The minimum Gasteiger partial charge on any atom is -0.478 e. The molecule has 0 aromatic heterocycles. The third kappa shape index (κ3) is 2.51. The molecule has 2 atom stereocenters. The molecule has 1 saturated heterocycles. The molecule has 2 unspecified atom stereocenters. The van der Waals surface area contributed by atoms with Crippen LogP contribution in [0.4, 0.5) is 0 Å². The number of aromatic carboxylic acids is 2. The van der Waals surface area contributed by atoms with Crippen LogP contribution in [0.25, 0.3) is 0 Å². The van der Waals surface area contributed by atoms with Crippen LogP contribution in [-0.2, 0) is 4.74 Å². The van der Waals surface area contributed by atoms with Gasteiger partial charge in [0.05, 0.1) is 11.1 Å². The normalized spacial score (nSPS) is 20.0. The van der Waals surface area contributed by atoms with Crippen LogP contribution in [0.3, 0.4) is 0 Å². The van der Waals surface area contributed by atoms with E-state index in [9.17, 15) is 14.7 Å². The molecule has 1 fully saturated rings. The second kappa shape index (κ2) is 5.03. The summed E-state index contributed by atoms with van der Waals surface area (Å²) in [6, 6.07) is 13.2. The topological polar surface area (TPSA) is 87.1 Å². The van der Waals surface area contributed by atoms with Crippen molar-refractivity contribution in [2.45, 2.75) is 12.2 Å². The lowest BCUT2D eigenvalue weighted by atomic mass is 9.99. The van der Waals surface area contributed by atoms with Crippen molar-refractivity contribution in [3.8, 4) is 0 Å². The standard InChI is InChI=1S/C16H12O5/c17-15(18)10-5-3-4-9(8-10)13-14(21-13)11-6-1-2-7-12(11)16(19)20/h1-8,13-14H,(H,17,18)(H,19,20). The minimum atomic E-state index is -1.00. The van der Waals surface area contributed by atoms with Gasteiger partial charge in [-0.3, -0.25) is 0 Å². The summed E-state index contributed by atoms with van der Waals surface area (Å²) < 4.78 is 5.56. The number of epoxide rings is 1. The van der Waals surface area contributed by atoms with Gasteiger partial charge in [-0.1, -0.05) is 30.3 Å². The molecule has 0 spiro atoms. The van der Waals surface area contributed by atoms with Crippen LogP contribution in [0.5, 0.6) is 0 Å². The molecule has 0 radical (unpaired) electrons. The van der Waals surface area contributed by atoms with E-state index in [1.54, 1.807) is 36.4 Å². The van der Waals surface area contributed by atoms with E-state index in [1.807, 2.05) is 0 Å². The molecular weight excluding hydrogens is 272 g/mol. The van der Waals surface area contributed by atoms with Gasteiger partial charge in [-0.25, -0.2) is 9.59 Å². The Kier molecular flexibility index (Phi) is 3.19. The van der Waals surface area contributed by atoms with Crippen molar-refractivity contribution >= 4 is 11.9 Å². The summed E-state index contributed by atoms with van der Waals surface area (Å²) in [6.45, 7) is 0. The van der Waals surface area contributed by atoms with Crippen molar-refractivity contribution in [2.75, 3.05) is 0 Å². The summed E-state index contributed by atoms with van der Waals surface area (Å²) in [4.78, 5) is 22.2. The van der Waals surface area contributed by atoms with E-state index in [1.165, 1.54) is 12.1 Å². The van der Waals surface area contributed by atoms with E-state index < -0.39 is 11.9 Å². The molecule has 1 aliphatic heterocycles. The van der Waals surface area contributed by atoms with Gasteiger partial charge in [-0.15, -0.1) is 0 Å². The first-order chi connectivity index (χ1) is 10.1. The minimum absolute atomic E-state index is 0.188. The van der Waals surface area contributed by atoms with Crippen molar-refractivity contribution in [1.82, 2.24) is 0 Å². The van der Waals surface area contributed by atoms with Gasteiger partial charge in [0.25, 0.3) is 0 Å². The van der Waals surface area contributed by atoms with Crippen molar-refractivity contribution in [3.63, 3.8) is 0 Å². The molecule has 5 heteroatoms. The second-order valence-corrected chi connectivity index (χ2v) is 4.80. The summed E-state index contributed by atoms with van der Waals surface area (Å²) in [6.07, 6.45) is -0.647. The number of rotatable bonds is 4. The van der Waals surface area contributed by atoms with Gasteiger partial charge in [0, 0.05) is 0 Å². The Balaban J connectivity index is 1.89. The molecule has 1 heterocycles. The molecule has 1 aliphatic rings. The highest BCUT2D eigenvalue weighted by atomic mass is 16.6. The maximum atomic E-state index is 11.2. The molecule has 0 bridgehead atoms. The molecule has 0 saturated carbocycles. The van der Waals surface area contributed by atoms with Gasteiger partial charge in [-0.2, -0.15) is 0 Å². The fourth-order valence-electron chi connectivity index (χ4n) is 2.39. The SMILES string of the molecule is O=C(O)c1cccc(C2OC2c2ccccc2C(=O)O)c1. The lowest BCUT2D eigenvalue weighted by Gasteiger charge is -2.02. The van der Waals surface area contributed by atoms with Crippen molar-refractivity contribution in [2.24, 2.45) is 0 Å². The number of ether oxygens (including phenoxy) is 1. The zero-order valence-corrected chi connectivity index (χ0v) is 10.9. The Morgan fingerprint density at radius 2 is 1.67 bits per heavy atom. The molecule has 2 aromatic carbocycles. The lowest BCUT2D eigenvalue weighted by Crippen LogP contribution is -2.01. The maximum absolute atomic E-state index is 11.2. The summed E-state index contributed by atoms with van der Waals surface area (Å²) >= 11 is 0. The van der Waals surface area contributed by atoms with E-state index in [0.717, 1.165) is 5.56 Å². The monoisotopic (exact) mass is 284 g/mol. The molecule has 21 heavy (non-hydrogen) atoms. The zero-order valence-electron chi connectivity index (χ0n) is 10.9. The van der Waals surface area contributed by atoms with E-state index in [0.29, 0.717) is 5.56 Å². The van der Waals surface area contributed by atoms with Crippen LogP contribution in [0.1, 0.15) is 44.1 Å². The Bertz CT molecular complexity index is 722. The average Bonchev–Trinajstić information content (AvgIpc) is 3.27. The van der Waals surface area contributed by atoms with Crippen LogP contribution >= 0.6 is 0 Å². The first-order valence-corrected chi connectivity index (χ1v) is 6.39. The van der Waals surface area contributed by atoms with Gasteiger partial charge in [0.15, 0.2) is 0 Å². The Morgan fingerprint density at radius 3 is 2.38 bits per heavy atom. The van der Waals surface area contributed by atoms with E-state index >= 15 is 0 Å². The first kappa shape index (κ1) is 13.3. The van der Waals surface area contributed by atoms with Crippen molar-refractivity contribution < 1.29 is 24.5 Å². The molecule has 2 aromatic rings. The number of carboxylic acid groups (broad SMARTS) is 2. The summed E-state index contributed by atoms with van der Waals surface area (Å²) in [7, 11) is 0. The number of carbonyl (C=O) groups is 2. The average molecular weight is 284 g/mol. The second-order valence-electron chi connectivity index (χ2n) is 4.80. The number of carboxylic acids is 2. The van der Waals surface area contributed by atoms with Gasteiger partial charge >= 0.3 is 11.9 Å². The molecule has 106 valence electrons. The Labute approximate surface area is 120 Å². The molecule has 0 amide bonds. The van der Waals surface area contributed by atoms with Gasteiger partial charge in [0.1, 0.15) is 12.2 Å². The molecular formula is C16H12O5. The number of hydrogen-bond acceptors (Lipinski definition) is 3. The van der Waals surface area contributed by atoms with E-state index in [4.69, 9.17) is 9.84 Å². The first-order valence-electron chi connectivity index (χ1n) is 6.39. The van der Waals surface area contributed by atoms with Crippen LogP contribution in [0.2, 0.25) is 0 Å². The van der Waals surface area contributed by atoms with E-state index in [2.05, 4.69) is 0 Å². The largest absolute Gasteiger partial charge is 0.478 e. The summed E-state index contributed by atoms with van der Waals surface area (Å²) in [5.74, 6) is -2.00.